The summed E-state index contributed by atoms with van der Waals surface area (Å²) >= 11 is 0. The van der Waals surface area contributed by atoms with Gasteiger partial charge in [0.05, 0.1) is 6.61 Å². The van der Waals surface area contributed by atoms with Crippen molar-refractivity contribution in [3.05, 3.63) is 0 Å². The van der Waals surface area contributed by atoms with Crippen molar-refractivity contribution >= 4 is 11.8 Å². The Morgan fingerprint density at radius 1 is 1.64 bits per heavy atom. The predicted molar refractivity (Wildman–Crippen MR) is 49.8 cm³/mol. The fourth-order valence-electron chi connectivity index (χ4n) is 1.52. The number of esters is 1. The van der Waals surface area contributed by atoms with Crippen molar-refractivity contribution in [3.63, 3.8) is 0 Å². The highest BCUT2D eigenvalue weighted by molar-refractivity contribution is 6.03. The van der Waals surface area contributed by atoms with E-state index in [0.29, 0.717) is 19.6 Å². The smallest absolute Gasteiger partial charge is 0.316 e. The van der Waals surface area contributed by atoms with Crippen LogP contribution in [-0.2, 0) is 19.1 Å². The number of rotatable bonds is 2. The standard InChI is InChI=1S/C10H16O4/c1-4-13-9(12)7-5-6-14-10(2,3)8(7)11/h7H,4-6H2,1-3H3. The quantitative estimate of drug-likeness (QED) is 0.491. The summed E-state index contributed by atoms with van der Waals surface area (Å²) < 4.78 is 10.1. The highest BCUT2D eigenvalue weighted by atomic mass is 16.5. The molecule has 0 saturated carbocycles. The van der Waals surface area contributed by atoms with Crippen molar-refractivity contribution < 1.29 is 19.1 Å². The van der Waals surface area contributed by atoms with Crippen LogP contribution in [0.5, 0.6) is 0 Å². The summed E-state index contributed by atoms with van der Waals surface area (Å²) in [4.78, 5) is 23.1. The van der Waals surface area contributed by atoms with Gasteiger partial charge in [0.15, 0.2) is 5.78 Å². The van der Waals surface area contributed by atoms with E-state index in [-0.39, 0.29) is 5.78 Å². The van der Waals surface area contributed by atoms with Gasteiger partial charge in [0, 0.05) is 6.61 Å². The molecule has 1 aliphatic heterocycles. The lowest BCUT2D eigenvalue weighted by molar-refractivity contribution is -0.167. The van der Waals surface area contributed by atoms with Crippen LogP contribution >= 0.6 is 0 Å². The van der Waals surface area contributed by atoms with Crippen molar-refractivity contribution in [2.45, 2.75) is 32.8 Å². The molecule has 0 aromatic heterocycles. The van der Waals surface area contributed by atoms with Crippen LogP contribution in [0, 0.1) is 5.92 Å². The average Bonchev–Trinajstić information content (AvgIpc) is 2.10. The Morgan fingerprint density at radius 3 is 2.86 bits per heavy atom. The second-order valence-electron chi connectivity index (χ2n) is 3.82. The van der Waals surface area contributed by atoms with Gasteiger partial charge >= 0.3 is 5.97 Å². The van der Waals surface area contributed by atoms with E-state index in [2.05, 4.69) is 0 Å². The molecule has 0 spiro atoms. The van der Waals surface area contributed by atoms with Crippen LogP contribution in [0.2, 0.25) is 0 Å². The zero-order chi connectivity index (χ0) is 10.8. The van der Waals surface area contributed by atoms with E-state index in [0.717, 1.165) is 0 Å². The van der Waals surface area contributed by atoms with Gasteiger partial charge in [-0.1, -0.05) is 0 Å². The van der Waals surface area contributed by atoms with Gasteiger partial charge in [-0.25, -0.2) is 0 Å². The first kappa shape index (κ1) is 11.2. The molecule has 0 N–H and O–H groups in total. The van der Waals surface area contributed by atoms with E-state index in [1.54, 1.807) is 20.8 Å². The molecule has 1 heterocycles. The van der Waals surface area contributed by atoms with Gasteiger partial charge in [-0.2, -0.15) is 0 Å². The molecular formula is C10H16O4. The summed E-state index contributed by atoms with van der Waals surface area (Å²) in [7, 11) is 0. The normalized spacial score (nSPS) is 25.9. The molecule has 1 unspecified atom stereocenters. The van der Waals surface area contributed by atoms with Gasteiger partial charge < -0.3 is 9.47 Å². The second-order valence-corrected chi connectivity index (χ2v) is 3.82. The first-order chi connectivity index (χ1) is 6.49. The minimum Gasteiger partial charge on any atom is -0.465 e. The summed E-state index contributed by atoms with van der Waals surface area (Å²) in [5, 5.41) is 0. The summed E-state index contributed by atoms with van der Waals surface area (Å²) in [6.45, 7) is 5.83. The van der Waals surface area contributed by atoms with Crippen LogP contribution in [0.4, 0.5) is 0 Å². The Kier molecular flexibility index (Phi) is 3.26. The molecule has 1 saturated heterocycles. The van der Waals surface area contributed by atoms with E-state index in [1.165, 1.54) is 0 Å². The van der Waals surface area contributed by atoms with Crippen LogP contribution in [-0.4, -0.2) is 30.6 Å². The zero-order valence-corrected chi connectivity index (χ0v) is 8.83. The van der Waals surface area contributed by atoms with E-state index >= 15 is 0 Å². The monoisotopic (exact) mass is 200 g/mol. The van der Waals surface area contributed by atoms with Gasteiger partial charge in [-0.15, -0.1) is 0 Å². The summed E-state index contributed by atoms with van der Waals surface area (Å²) in [6.07, 6.45) is 0.432. The SMILES string of the molecule is CCOC(=O)C1CCOC(C)(C)C1=O. The van der Waals surface area contributed by atoms with Crippen LogP contribution < -0.4 is 0 Å². The number of Topliss-reactive ketones (excluding diaryl/α,β-unsaturated/α-hetero) is 1. The molecule has 0 aromatic rings. The molecule has 1 atom stereocenters. The van der Waals surface area contributed by atoms with Crippen molar-refractivity contribution in [3.8, 4) is 0 Å². The van der Waals surface area contributed by atoms with Crippen molar-refractivity contribution in [2.75, 3.05) is 13.2 Å². The molecule has 0 radical (unpaired) electrons. The van der Waals surface area contributed by atoms with E-state index in [1.807, 2.05) is 0 Å². The maximum atomic E-state index is 11.7. The van der Waals surface area contributed by atoms with Gasteiger partial charge in [0.2, 0.25) is 0 Å². The fraction of sp³-hybridized carbons (Fsp3) is 0.800. The summed E-state index contributed by atoms with van der Waals surface area (Å²) in [5.41, 5.74) is -0.852. The highest BCUT2D eigenvalue weighted by Crippen LogP contribution is 2.25. The number of hydrogen-bond donors (Lipinski definition) is 0. The van der Waals surface area contributed by atoms with Crippen LogP contribution in [0.1, 0.15) is 27.2 Å². The van der Waals surface area contributed by atoms with E-state index in [9.17, 15) is 9.59 Å². The van der Waals surface area contributed by atoms with Crippen molar-refractivity contribution in [1.82, 2.24) is 0 Å². The van der Waals surface area contributed by atoms with Crippen molar-refractivity contribution in [2.24, 2.45) is 5.92 Å². The molecule has 0 amide bonds. The van der Waals surface area contributed by atoms with Gasteiger partial charge in [-0.05, 0) is 27.2 Å². The largest absolute Gasteiger partial charge is 0.465 e. The summed E-state index contributed by atoms with van der Waals surface area (Å²) in [6, 6.07) is 0. The Morgan fingerprint density at radius 2 is 2.29 bits per heavy atom. The van der Waals surface area contributed by atoms with Crippen LogP contribution in [0.25, 0.3) is 0 Å². The fourth-order valence-corrected chi connectivity index (χ4v) is 1.52. The highest BCUT2D eigenvalue weighted by Gasteiger charge is 2.42. The van der Waals surface area contributed by atoms with Crippen molar-refractivity contribution in [1.29, 1.82) is 0 Å². The van der Waals surface area contributed by atoms with Gasteiger partial charge in [0.1, 0.15) is 11.5 Å². The third kappa shape index (κ3) is 2.12. The average molecular weight is 200 g/mol. The molecule has 0 aromatic carbocycles. The molecule has 4 heteroatoms. The molecule has 14 heavy (non-hydrogen) atoms. The number of hydrogen-bond acceptors (Lipinski definition) is 4. The summed E-state index contributed by atoms with van der Waals surface area (Å²) in [5.74, 6) is -1.24. The van der Waals surface area contributed by atoms with E-state index < -0.39 is 17.5 Å². The Labute approximate surface area is 83.6 Å². The lowest BCUT2D eigenvalue weighted by Gasteiger charge is -2.32. The number of ketones is 1. The Balaban J connectivity index is 2.70. The molecule has 0 aliphatic carbocycles. The van der Waals surface area contributed by atoms with Gasteiger partial charge in [-0.3, -0.25) is 9.59 Å². The van der Waals surface area contributed by atoms with Crippen LogP contribution in [0.3, 0.4) is 0 Å². The Bertz CT molecular complexity index is 245. The molecule has 1 rings (SSSR count). The van der Waals surface area contributed by atoms with Crippen LogP contribution in [0.15, 0.2) is 0 Å². The lowest BCUT2D eigenvalue weighted by Crippen LogP contribution is -2.47. The number of ether oxygens (including phenoxy) is 2. The maximum Gasteiger partial charge on any atom is 0.316 e. The van der Waals surface area contributed by atoms with E-state index in [4.69, 9.17) is 9.47 Å². The third-order valence-electron chi connectivity index (χ3n) is 2.35. The molecule has 1 aliphatic rings. The van der Waals surface area contributed by atoms with Gasteiger partial charge in [0.25, 0.3) is 0 Å². The lowest BCUT2D eigenvalue weighted by atomic mass is 9.87. The Hall–Kier alpha value is -0.900. The zero-order valence-electron chi connectivity index (χ0n) is 8.83. The minimum atomic E-state index is -0.852. The third-order valence-corrected chi connectivity index (χ3v) is 2.35. The molecule has 80 valence electrons. The second kappa shape index (κ2) is 4.09. The minimum absolute atomic E-state index is 0.179. The first-order valence-corrected chi connectivity index (χ1v) is 4.84. The molecule has 4 nitrogen and oxygen atoms in total. The topological polar surface area (TPSA) is 52.6 Å². The number of carbonyl (C=O) groups excluding carboxylic acids is 2. The number of carbonyl (C=O) groups is 2. The molecule has 1 fully saturated rings. The molecular weight excluding hydrogens is 184 g/mol. The molecule has 0 bridgehead atoms. The maximum absolute atomic E-state index is 11.7. The first-order valence-electron chi connectivity index (χ1n) is 4.84. The predicted octanol–water partition coefficient (Wildman–Crippen LogP) is 0.934.